The van der Waals surface area contributed by atoms with Crippen molar-refractivity contribution in [1.29, 1.82) is 0 Å². The van der Waals surface area contributed by atoms with Crippen LogP contribution in [0.25, 0.3) is 0 Å². The fourth-order valence-corrected chi connectivity index (χ4v) is 4.43. The first-order valence-electron chi connectivity index (χ1n) is 6.57. The van der Waals surface area contributed by atoms with Crippen molar-refractivity contribution in [2.45, 2.75) is 68.4 Å². The summed E-state index contributed by atoms with van der Waals surface area (Å²) in [4.78, 5) is 0. The van der Waals surface area contributed by atoms with E-state index in [1.165, 1.54) is 19.3 Å². The molecule has 1 atom stereocenters. The van der Waals surface area contributed by atoms with Crippen molar-refractivity contribution in [2.75, 3.05) is 6.54 Å². The smallest absolute Gasteiger partial charge is 0.156 e. The topological polar surface area (TPSA) is 46.2 Å². The quantitative estimate of drug-likeness (QED) is 0.804. The van der Waals surface area contributed by atoms with Crippen molar-refractivity contribution in [1.82, 2.24) is 5.32 Å². The molecule has 2 fully saturated rings. The number of hydrogen-bond donors (Lipinski definition) is 1. The fourth-order valence-electron chi connectivity index (χ4n) is 2.46. The molecule has 1 unspecified atom stereocenters. The molecule has 16 heavy (non-hydrogen) atoms. The molecule has 0 spiro atoms. The third-order valence-electron chi connectivity index (χ3n) is 3.85. The Morgan fingerprint density at radius 3 is 2.31 bits per heavy atom. The van der Waals surface area contributed by atoms with Crippen LogP contribution in [0, 0.1) is 0 Å². The second kappa shape index (κ2) is 5.05. The van der Waals surface area contributed by atoms with Gasteiger partial charge < -0.3 is 5.32 Å². The zero-order chi connectivity index (χ0) is 11.6. The molecule has 0 heterocycles. The Morgan fingerprint density at radius 1 is 1.12 bits per heavy atom. The van der Waals surface area contributed by atoms with Crippen molar-refractivity contribution in [2.24, 2.45) is 0 Å². The Bertz CT molecular complexity index is 316. The molecule has 1 N–H and O–H groups in total. The van der Waals surface area contributed by atoms with Crippen molar-refractivity contribution in [3.8, 4) is 0 Å². The maximum Gasteiger partial charge on any atom is 0.156 e. The third kappa shape index (κ3) is 2.98. The van der Waals surface area contributed by atoms with Crippen LogP contribution in [0.2, 0.25) is 0 Å². The Labute approximate surface area is 98.9 Å². The number of sulfone groups is 1. The van der Waals surface area contributed by atoms with Gasteiger partial charge in [0.25, 0.3) is 0 Å². The molecule has 2 aliphatic carbocycles. The molecule has 0 aromatic heterocycles. The molecule has 0 amide bonds. The van der Waals surface area contributed by atoms with E-state index in [2.05, 4.69) is 5.32 Å². The summed E-state index contributed by atoms with van der Waals surface area (Å²) in [5.41, 5.74) is 0. The van der Waals surface area contributed by atoms with Crippen LogP contribution >= 0.6 is 0 Å². The van der Waals surface area contributed by atoms with Gasteiger partial charge in [0.05, 0.1) is 10.5 Å². The molecule has 0 aromatic rings. The molecular weight excluding hydrogens is 222 g/mol. The van der Waals surface area contributed by atoms with Gasteiger partial charge in [-0.3, -0.25) is 0 Å². The van der Waals surface area contributed by atoms with Crippen LogP contribution in [-0.2, 0) is 9.84 Å². The zero-order valence-electron chi connectivity index (χ0n) is 10.1. The Balaban J connectivity index is 1.87. The summed E-state index contributed by atoms with van der Waals surface area (Å²) in [5, 5.41) is 3.05. The van der Waals surface area contributed by atoms with Crippen LogP contribution in [0.4, 0.5) is 0 Å². The molecule has 94 valence electrons. The molecular formula is C12H23NO2S. The van der Waals surface area contributed by atoms with Gasteiger partial charge in [0, 0.05) is 12.6 Å². The second-order valence-corrected chi connectivity index (χ2v) is 7.99. The predicted molar refractivity (Wildman–Crippen MR) is 66.3 cm³/mol. The van der Waals surface area contributed by atoms with E-state index in [4.69, 9.17) is 0 Å². The van der Waals surface area contributed by atoms with E-state index in [1.807, 2.05) is 6.92 Å². The lowest BCUT2D eigenvalue weighted by atomic mass is 10.0. The lowest BCUT2D eigenvalue weighted by Crippen LogP contribution is -2.38. The summed E-state index contributed by atoms with van der Waals surface area (Å²) >= 11 is 0. The van der Waals surface area contributed by atoms with E-state index in [1.54, 1.807) is 0 Å². The van der Waals surface area contributed by atoms with Crippen molar-refractivity contribution >= 4 is 9.84 Å². The lowest BCUT2D eigenvalue weighted by Gasteiger charge is -2.25. The lowest BCUT2D eigenvalue weighted by molar-refractivity contribution is 0.476. The second-order valence-electron chi connectivity index (χ2n) is 5.34. The summed E-state index contributed by atoms with van der Waals surface area (Å²) in [6.07, 6.45) is 7.60. The van der Waals surface area contributed by atoms with Gasteiger partial charge in [-0.05, 0) is 32.6 Å². The van der Waals surface area contributed by atoms with Crippen LogP contribution in [-0.4, -0.2) is 31.5 Å². The van der Waals surface area contributed by atoms with Gasteiger partial charge in [-0.15, -0.1) is 0 Å². The molecule has 0 aliphatic heterocycles. The highest BCUT2D eigenvalue weighted by molar-refractivity contribution is 7.92. The van der Waals surface area contributed by atoms with Gasteiger partial charge in [-0.1, -0.05) is 19.3 Å². The van der Waals surface area contributed by atoms with Crippen LogP contribution in [0.3, 0.4) is 0 Å². The summed E-state index contributed by atoms with van der Waals surface area (Å²) in [6.45, 7) is 2.50. The standard InChI is InChI=1S/C12H23NO2S/c1-10(9-13-11-7-8-11)16(14,15)12-5-3-2-4-6-12/h10-13H,2-9H2,1H3. The molecule has 0 saturated heterocycles. The van der Waals surface area contributed by atoms with Crippen LogP contribution in [0.1, 0.15) is 51.9 Å². The van der Waals surface area contributed by atoms with Gasteiger partial charge >= 0.3 is 0 Å². The number of rotatable bonds is 5. The highest BCUT2D eigenvalue weighted by Crippen LogP contribution is 2.26. The fraction of sp³-hybridized carbons (Fsp3) is 1.00. The van der Waals surface area contributed by atoms with E-state index >= 15 is 0 Å². The van der Waals surface area contributed by atoms with Gasteiger partial charge in [0.15, 0.2) is 9.84 Å². The highest BCUT2D eigenvalue weighted by Gasteiger charge is 2.33. The van der Waals surface area contributed by atoms with Crippen LogP contribution < -0.4 is 5.32 Å². The largest absolute Gasteiger partial charge is 0.313 e. The van der Waals surface area contributed by atoms with E-state index in [9.17, 15) is 8.42 Å². The minimum Gasteiger partial charge on any atom is -0.313 e. The van der Waals surface area contributed by atoms with Gasteiger partial charge in [0.2, 0.25) is 0 Å². The number of nitrogens with one attached hydrogen (secondary N) is 1. The maximum absolute atomic E-state index is 12.3. The molecule has 3 nitrogen and oxygen atoms in total. The van der Waals surface area contributed by atoms with E-state index < -0.39 is 9.84 Å². The van der Waals surface area contributed by atoms with Crippen LogP contribution in [0.15, 0.2) is 0 Å². The maximum atomic E-state index is 12.3. The van der Waals surface area contributed by atoms with Gasteiger partial charge in [-0.25, -0.2) is 8.42 Å². The Morgan fingerprint density at radius 2 is 1.75 bits per heavy atom. The minimum atomic E-state index is -2.89. The monoisotopic (exact) mass is 245 g/mol. The van der Waals surface area contributed by atoms with Crippen LogP contribution in [0.5, 0.6) is 0 Å². The van der Waals surface area contributed by atoms with E-state index in [0.717, 1.165) is 25.7 Å². The molecule has 0 aromatic carbocycles. The number of hydrogen-bond acceptors (Lipinski definition) is 3. The van der Waals surface area contributed by atoms with Crippen molar-refractivity contribution in [3.05, 3.63) is 0 Å². The molecule has 4 heteroatoms. The van der Waals surface area contributed by atoms with Gasteiger partial charge in [0.1, 0.15) is 0 Å². The third-order valence-corrected chi connectivity index (χ3v) is 6.54. The van der Waals surface area contributed by atoms with E-state index in [0.29, 0.717) is 12.6 Å². The zero-order valence-corrected chi connectivity index (χ0v) is 10.9. The normalized spacial score (nSPS) is 25.6. The molecule has 2 saturated carbocycles. The Hall–Kier alpha value is -0.0900. The summed E-state index contributed by atoms with van der Waals surface area (Å²) in [6, 6.07) is 0.601. The molecule has 2 aliphatic rings. The summed E-state index contributed by atoms with van der Waals surface area (Å²) in [7, 11) is -2.89. The molecule has 0 bridgehead atoms. The Kier molecular flexibility index (Phi) is 3.90. The first kappa shape index (κ1) is 12.4. The summed E-state index contributed by atoms with van der Waals surface area (Å²) < 4.78 is 24.6. The minimum absolute atomic E-state index is 0.0581. The first-order valence-corrected chi connectivity index (χ1v) is 8.18. The average molecular weight is 245 g/mol. The van der Waals surface area contributed by atoms with Gasteiger partial charge in [-0.2, -0.15) is 0 Å². The molecule has 0 radical (unpaired) electrons. The van der Waals surface area contributed by atoms with Crippen molar-refractivity contribution < 1.29 is 8.42 Å². The van der Waals surface area contributed by atoms with Crippen molar-refractivity contribution in [3.63, 3.8) is 0 Å². The predicted octanol–water partition coefficient (Wildman–Crippen LogP) is 1.87. The first-order chi connectivity index (χ1) is 7.60. The average Bonchev–Trinajstić information content (AvgIpc) is 3.11. The van der Waals surface area contributed by atoms with E-state index in [-0.39, 0.29) is 10.5 Å². The SMILES string of the molecule is CC(CNC1CC1)S(=O)(=O)C1CCCCC1. The summed E-state index contributed by atoms with van der Waals surface area (Å²) in [5.74, 6) is 0. The highest BCUT2D eigenvalue weighted by atomic mass is 32.2. The molecule has 2 rings (SSSR count).